The number of oxime groups is 1. The van der Waals surface area contributed by atoms with E-state index in [2.05, 4.69) is 15.5 Å². The van der Waals surface area contributed by atoms with Gasteiger partial charge in [0.1, 0.15) is 21.2 Å². The molecule has 0 aliphatic heterocycles. The molecule has 0 saturated carbocycles. The quantitative estimate of drug-likeness (QED) is 0.610. The van der Waals surface area contributed by atoms with E-state index in [1.807, 2.05) is 0 Å². The molecule has 0 aliphatic carbocycles. The summed E-state index contributed by atoms with van der Waals surface area (Å²) in [4.78, 5) is 32.2. The van der Waals surface area contributed by atoms with Gasteiger partial charge in [0, 0.05) is 0 Å². The molecule has 1 aromatic heterocycles. The first-order valence-electron chi connectivity index (χ1n) is 6.94. The van der Waals surface area contributed by atoms with E-state index < -0.39 is 29.0 Å². The molecule has 2 N–H and O–H groups in total. The maximum Gasteiger partial charge on any atom is 0.413 e. The molecule has 0 aliphatic rings. The molecule has 24 heavy (non-hydrogen) atoms. The van der Waals surface area contributed by atoms with Crippen molar-refractivity contribution in [2.45, 2.75) is 52.7 Å². The van der Waals surface area contributed by atoms with Crippen LogP contribution in [0, 0.1) is 0 Å². The summed E-state index contributed by atoms with van der Waals surface area (Å²) in [7, 11) is 0. The number of carboxylic acids is 1. The highest BCUT2D eigenvalue weighted by atomic mass is 35.5. The van der Waals surface area contributed by atoms with Gasteiger partial charge in [-0.3, -0.25) is 5.32 Å². The van der Waals surface area contributed by atoms with Crippen LogP contribution in [0.4, 0.5) is 9.93 Å². The van der Waals surface area contributed by atoms with Gasteiger partial charge in [0.25, 0.3) is 0 Å². The highest BCUT2D eigenvalue weighted by Crippen LogP contribution is 2.29. The average molecular weight is 378 g/mol. The van der Waals surface area contributed by atoms with Gasteiger partial charge in [0.05, 0.1) is 0 Å². The second kappa shape index (κ2) is 7.35. The van der Waals surface area contributed by atoms with E-state index in [0.717, 1.165) is 11.3 Å². The standard InChI is InChI=1S/C14H20ClN3O5S/c1-13(2,3)22-12(21)17-11-16-7(9(15)24-11)8(10(19)20)18-23-14(4,5)6/h1-6H3,(H,19,20)(H,16,17,21)/b18-8+. The number of halogens is 1. The number of rotatable bonds is 4. The first-order chi connectivity index (χ1) is 10.8. The molecule has 1 amide bonds. The molecule has 0 atom stereocenters. The van der Waals surface area contributed by atoms with Crippen LogP contribution in [0.25, 0.3) is 0 Å². The third-order valence-corrected chi connectivity index (χ3v) is 3.20. The Labute approximate surface area is 148 Å². The fraction of sp³-hybridized carbons (Fsp3) is 0.571. The van der Waals surface area contributed by atoms with Crippen molar-refractivity contribution in [2.75, 3.05) is 5.32 Å². The molecule has 0 spiro atoms. The first kappa shape index (κ1) is 20.2. The van der Waals surface area contributed by atoms with Crippen LogP contribution in [0.1, 0.15) is 47.2 Å². The SMILES string of the molecule is CC(C)(C)O/N=C(/C(=O)O)c1nc(NC(=O)OC(C)(C)C)sc1Cl. The van der Waals surface area contributed by atoms with Crippen LogP contribution in [0.5, 0.6) is 0 Å². The average Bonchev–Trinajstić information content (AvgIpc) is 2.65. The van der Waals surface area contributed by atoms with Crippen LogP contribution in [0.3, 0.4) is 0 Å². The molecule has 1 aromatic rings. The van der Waals surface area contributed by atoms with Crippen molar-refractivity contribution in [2.24, 2.45) is 5.16 Å². The topological polar surface area (TPSA) is 110 Å². The molecule has 0 radical (unpaired) electrons. The predicted octanol–water partition coefficient (Wildman–Crippen LogP) is 3.75. The van der Waals surface area contributed by atoms with Crippen LogP contribution in [0.15, 0.2) is 5.16 Å². The van der Waals surface area contributed by atoms with Gasteiger partial charge in [-0.2, -0.15) is 0 Å². The molecule has 0 saturated heterocycles. The molecule has 1 heterocycles. The zero-order valence-corrected chi connectivity index (χ0v) is 15.8. The Bertz CT molecular complexity index is 658. The summed E-state index contributed by atoms with van der Waals surface area (Å²) in [6.45, 7) is 10.3. The fourth-order valence-electron chi connectivity index (χ4n) is 1.26. The number of carboxylic acid groups (broad SMARTS) is 1. The van der Waals surface area contributed by atoms with E-state index >= 15 is 0 Å². The van der Waals surface area contributed by atoms with Crippen molar-refractivity contribution in [3.05, 3.63) is 10.0 Å². The van der Waals surface area contributed by atoms with Gasteiger partial charge in [0.2, 0.25) is 5.71 Å². The number of hydrogen-bond acceptors (Lipinski definition) is 7. The minimum atomic E-state index is -1.35. The monoisotopic (exact) mass is 377 g/mol. The molecule has 134 valence electrons. The number of hydrogen-bond donors (Lipinski definition) is 2. The van der Waals surface area contributed by atoms with Crippen molar-refractivity contribution in [1.29, 1.82) is 0 Å². The molecule has 8 nitrogen and oxygen atoms in total. The number of anilines is 1. The lowest BCUT2D eigenvalue weighted by Crippen LogP contribution is -2.27. The second-order valence-electron chi connectivity index (χ2n) is 6.72. The van der Waals surface area contributed by atoms with Crippen LogP contribution in [-0.2, 0) is 14.4 Å². The predicted molar refractivity (Wildman–Crippen MR) is 92.0 cm³/mol. The van der Waals surface area contributed by atoms with E-state index in [-0.39, 0.29) is 15.2 Å². The molecule has 0 fully saturated rings. The Hall–Kier alpha value is -1.87. The normalized spacial score (nSPS) is 12.7. The Morgan fingerprint density at radius 3 is 2.25 bits per heavy atom. The van der Waals surface area contributed by atoms with Crippen molar-refractivity contribution in [3.63, 3.8) is 0 Å². The number of ether oxygens (including phenoxy) is 1. The van der Waals surface area contributed by atoms with Crippen LogP contribution in [0.2, 0.25) is 4.34 Å². The summed E-state index contributed by atoms with van der Waals surface area (Å²) < 4.78 is 5.15. The maximum absolute atomic E-state index is 11.7. The molecule has 10 heteroatoms. The lowest BCUT2D eigenvalue weighted by atomic mass is 10.2. The largest absolute Gasteiger partial charge is 0.476 e. The third-order valence-electron chi connectivity index (χ3n) is 2.03. The maximum atomic E-state index is 11.7. The Morgan fingerprint density at radius 1 is 1.21 bits per heavy atom. The summed E-state index contributed by atoms with van der Waals surface area (Å²) in [5.41, 5.74) is -1.91. The minimum Gasteiger partial charge on any atom is -0.476 e. The molecular weight excluding hydrogens is 358 g/mol. The van der Waals surface area contributed by atoms with Crippen molar-refractivity contribution < 1.29 is 24.3 Å². The summed E-state index contributed by atoms with van der Waals surface area (Å²) in [6, 6.07) is 0. The minimum absolute atomic E-state index is 0.0553. The number of nitrogens with one attached hydrogen (secondary N) is 1. The first-order valence-corrected chi connectivity index (χ1v) is 8.14. The second-order valence-corrected chi connectivity index (χ2v) is 8.32. The van der Waals surface area contributed by atoms with E-state index in [9.17, 15) is 14.7 Å². The lowest BCUT2D eigenvalue weighted by molar-refractivity contribution is -0.129. The van der Waals surface area contributed by atoms with E-state index in [0.29, 0.717) is 0 Å². The van der Waals surface area contributed by atoms with Crippen LogP contribution in [-0.4, -0.2) is 39.1 Å². The smallest absolute Gasteiger partial charge is 0.413 e. The van der Waals surface area contributed by atoms with E-state index in [1.54, 1.807) is 41.5 Å². The van der Waals surface area contributed by atoms with Gasteiger partial charge in [-0.25, -0.2) is 14.6 Å². The number of aliphatic carboxylic acids is 1. The summed E-state index contributed by atoms with van der Waals surface area (Å²) in [6.07, 6.45) is -0.723. The van der Waals surface area contributed by atoms with Crippen LogP contribution < -0.4 is 5.32 Å². The van der Waals surface area contributed by atoms with Crippen molar-refractivity contribution >= 4 is 45.8 Å². The number of amides is 1. The zero-order chi connectivity index (χ0) is 18.7. The number of carbonyl (C=O) groups excluding carboxylic acids is 1. The van der Waals surface area contributed by atoms with Gasteiger partial charge in [-0.15, -0.1) is 0 Å². The number of nitrogens with zero attached hydrogens (tertiary/aromatic N) is 2. The highest BCUT2D eigenvalue weighted by molar-refractivity contribution is 7.20. The molecule has 1 rings (SSSR count). The van der Waals surface area contributed by atoms with Gasteiger partial charge >= 0.3 is 12.1 Å². The molecular formula is C14H20ClN3O5S. The number of thiazole rings is 1. The highest BCUT2D eigenvalue weighted by Gasteiger charge is 2.25. The summed E-state index contributed by atoms with van der Waals surface area (Å²) in [5, 5.41) is 15.4. The van der Waals surface area contributed by atoms with Gasteiger partial charge in [-0.1, -0.05) is 28.1 Å². The number of aromatic nitrogens is 1. The van der Waals surface area contributed by atoms with E-state index in [4.69, 9.17) is 21.2 Å². The van der Waals surface area contributed by atoms with Crippen LogP contribution >= 0.6 is 22.9 Å². The Kier molecular flexibility index (Phi) is 6.18. The summed E-state index contributed by atoms with van der Waals surface area (Å²) >= 11 is 6.90. The van der Waals surface area contributed by atoms with Gasteiger partial charge in [0.15, 0.2) is 5.13 Å². The zero-order valence-electron chi connectivity index (χ0n) is 14.3. The Balaban J connectivity index is 3.02. The van der Waals surface area contributed by atoms with Crippen molar-refractivity contribution in [1.82, 2.24) is 4.98 Å². The number of carbonyl (C=O) groups is 2. The fourth-order valence-corrected chi connectivity index (χ4v) is 2.29. The van der Waals surface area contributed by atoms with Crippen molar-refractivity contribution in [3.8, 4) is 0 Å². The summed E-state index contributed by atoms with van der Waals surface area (Å²) in [5.74, 6) is -1.35. The van der Waals surface area contributed by atoms with Gasteiger partial charge < -0.3 is 14.7 Å². The Morgan fingerprint density at radius 2 is 1.79 bits per heavy atom. The van der Waals surface area contributed by atoms with Gasteiger partial charge in [-0.05, 0) is 41.5 Å². The van der Waals surface area contributed by atoms with E-state index in [1.165, 1.54) is 0 Å². The third kappa shape index (κ3) is 6.71. The lowest BCUT2D eigenvalue weighted by Gasteiger charge is -2.18. The molecule has 0 aromatic carbocycles. The molecule has 0 unspecified atom stereocenters. The molecule has 0 bridgehead atoms.